The topological polar surface area (TPSA) is 62.3 Å². The number of fused-ring (bicyclic) bond motifs is 1. The zero-order valence-electron chi connectivity index (χ0n) is 17.1. The Kier molecular flexibility index (Phi) is 6.30. The molecule has 1 aromatic carbocycles. The fraction of sp³-hybridized carbons (Fsp3) is 0.478. The van der Waals surface area contributed by atoms with Gasteiger partial charge in [0, 0.05) is 38.3 Å². The second kappa shape index (κ2) is 9.27. The van der Waals surface area contributed by atoms with E-state index in [-0.39, 0.29) is 0 Å². The molecule has 0 amide bonds. The number of likely N-dealkylation sites (tertiary alicyclic amines) is 1. The minimum absolute atomic E-state index is 0.580. The molecule has 1 N–H and O–H groups in total. The molecule has 0 unspecified atom stereocenters. The van der Waals surface area contributed by atoms with Gasteiger partial charge in [0.15, 0.2) is 0 Å². The van der Waals surface area contributed by atoms with E-state index in [0.29, 0.717) is 37.1 Å². The summed E-state index contributed by atoms with van der Waals surface area (Å²) in [6.07, 6.45) is 6.02. The number of rotatable bonds is 5. The lowest BCUT2D eigenvalue weighted by molar-refractivity contribution is 0.190. The Morgan fingerprint density at radius 3 is 2.72 bits per heavy atom. The van der Waals surface area contributed by atoms with E-state index >= 15 is 0 Å². The molecule has 29 heavy (non-hydrogen) atoms. The van der Waals surface area contributed by atoms with Gasteiger partial charge < -0.3 is 19.4 Å². The predicted octanol–water partition coefficient (Wildman–Crippen LogP) is 3.64. The standard InChI is InChI=1S/C23H30N4O2/c1-26-14-11-20-21(25-28)8-12-24-23(22(20)26)29-17-5-13-27-15-9-19(10-16-27)18-6-3-2-4-7-18/h2-4,6-7,11,14,19,28H,5,8-10,12-13,15-17H2,1H3. The summed E-state index contributed by atoms with van der Waals surface area (Å²) in [5.74, 6) is 1.36. The molecule has 2 aromatic rings. The lowest BCUT2D eigenvalue weighted by Gasteiger charge is -2.32. The van der Waals surface area contributed by atoms with Crippen LogP contribution in [-0.2, 0) is 11.8 Å². The van der Waals surface area contributed by atoms with E-state index in [1.165, 1.54) is 18.4 Å². The number of piperidine rings is 1. The first kappa shape index (κ1) is 19.7. The minimum Gasteiger partial charge on any atom is -0.476 e. The van der Waals surface area contributed by atoms with E-state index < -0.39 is 0 Å². The van der Waals surface area contributed by atoms with Gasteiger partial charge in [-0.05, 0) is 49.9 Å². The van der Waals surface area contributed by atoms with Crippen molar-refractivity contribution in [2.45, 2.75) is 31.6 Å². The fourth-order valence-electron chi connectivity index (χ4n) is 4.39. The molecule has 1 fully saturated rings. The number of aliphatic imine (C=N–C) groups is 1. The van der Waals surface area contributed by atoms with Gasteiger partial charge in [-0.2, -0.15) is 0 Å². The van der Waals surface area contributed by atoms with E-state index in [0.717, 1.165) is 37.3 Å². The molecule has 6 nitrogen and oxygen atoms in total. The zero-order valence-corrected chi connectivity index (χ0v) is 17.1. The summed E-state index contributed by atoms with van der Waals surface area (Å²) in [4.78, 5) is 7.14. The highest BCUT2D eigenvalue weighted by Crippen LogP contribution is 2.27. The first-order chi connectivity index (χ1) is 14.3. The Morgan fingerprint density at radius 2 is 1.97 bits per heavy atom. The third-order valence-electron chi connectivity index (χ3n) is 6.03. The van der Waals surface area contributed by atoms with Crippen molar-refractivity contribution in [1.29, 1.82) is 0 Å². The lowest BCUT2D eigenvalue weighted by Crippen LogP contribution is -2.34. The van der Waals surface area contributed by atoms with Gasteiger partial charge in [0.25, 0.3) is 0 Å². The van der Waals surface area contributed by atoms with Gasteiger partial charge in [-0.3, -0.25) is 0 Å². The van der Waals surface area contributed by atoms with Crippen LogP contribution in [0.5, 0.6) is 0 Å². The van der Waals surface area contributed by atoms with Crippen LogP contribution < -0.4 is 0 Å². The average Bonchev–Trinajstić information content (AvgIpc) is 3.05. The van der Waals surface area contributed by atoms with Crippen LogP contribution in [0.3, 0.4) is 0 Å². The highest BCUT2D eigenvalue weighted by atomic mass is 16.5. The molecule has 0 spiro atoms. The maximum absolute atomic E-state index is 9.29. The molecule has 2 aliphatic heterocycles. The summed E-state index contributed by atoms with van der Waals surface area (Å²) in [6, 6.07) is 12.9. The molecule has 0 atom stereocenters. The molecule has 0 bridgehead atoms. The van der Waals surface area contributed by atoms with Crippen LogP contribution in [0.2, 0.25) is 0 Å². The third-order valence-corrected chi connectivity index (χ3v) is 6.03. The van der Waals surface area contributed by atoms with E-state index in [4.69, 9.17) is 4.74 Å². The molecule has 4 rings (SSSR count). The molecular weight excluding hydrogens is 364 g/mol. The van der Waals surface area contributed by atoms with E-state index in [9.17, 15) is 5.21 Å². The highest BCUT2D eigenvalue weighted by Gasteiger charge is 2.23. The molecule has 0 aliphatic carbocycles. The van der Waals surface area contributed by atoms with E-state index in [2.05, 4.69) is 45.4 Å². The summed E-state index contributed by atoms with van der Waals surface area (Å²) in [7, 11) is 1.97. The van der Waals surface area contributed by atoms with Gasteiger partial charge >= 0.3 is 0 Å². The van der Waals surface area contributed by atoms with Crippen molar-refractivity contribution in [2.75, 3.05) is 32.8 Å². The second-order valence-electron chi connectivity index (χ2n) is 7.90. The van der Waals surface area contributed by atoms with Crippen LogP contribution >= 0.6 is 0 Å². The number of aryl methyl sites for hydroxylation is 1. The number of hydrogen-bond acceptors (Lipinski definition) is 5. The monoisotopic (exact) mass is 394 g/mol. The molecule has 3 heterocycles. The van der Waals surface area contributed by atoms with Crippen molar-refractivity contribution in [1.82, 2.24) is 9.47 Å². The second-order valence-corrected chi connectivity index (χ2v) is 7.90. The summed E-state index contributed by atoms with van der Waals surface area (Å²) in [5, 5.41) is 12.7. The first-order valence-corrected chi connectivity index (χ1v) is 10.6. The largest absolute Gasteiger partial charge is 0.476 e. The van der Waals surface area contributed by atoms with Crippen molar-refractivity contribution >= 4 is 11.6 Å². The Hall–Kier alpha value is -2.60. The van der Waals surface area contributed by atoms with E-state index in [1.54, 1.807) is 0 Å². The van der Waals surface area contributed by atoms with Crippen molar-refractivity contribution < 1.29 is 9.94 Å². The normalized spacial score (nSPS) is 19.6. The molecular formula is C23H30N4O2. The summed E-state index contributed by atoms with van der Waals surface area (Å²) < 4.78 is 8.05. The molecule has 0 saturated carbocycles. The van der Waals surface area contributed by atoms with Gasteiger partial charge in [0.05, 0.1) is 12.3 Å². The number of oxime groups is 1. The third kappa shape index (κ3) is 4.53. The number of aromatic nitrogens is 1. The zero-order chi connectivity index (χ0) is 20.1. The van der Waals surface area contributed by atoms with Gasteiger partial charge in [0.2, 0.25) is 5.90 Å². The van der Waals surface area contributed by atoms with E-state index in [1.807, 2.05) is 23.9 Å². The van der Waals surface area contributed by atoms with Crippen LogP contribution in [0.1, 0.15) is 48.4 Å². The fourth-order valence-corrected chi connectivity index (χ4v) is 4.39. The van der Waals surface area contributed by atoms with Crippen LogP contribution in [0.25, 0.3) is 0 Å². The van der Waals surface area contributed by atoms with Crippen LogP contribution in [0.4, 0.5) is 0 Å². The smallest absolute Gasteiger partial charge is 0.233 e. The Balaban J connectivity index is 1.25. The number of benzene rings is 1. The van der Waals surface area contributed by atoms with Crippen LogP contribution in [-0.4, -0.2) is 59.1 Å². The van der Waals surface area contributed by atoms with Crippen molar-refractivity contribution in [2.24, 2.45) is 17.2 Å². The first-order valence-electron chi connectivity index (χ1n) is 10.6. The Bertz CT molecular complexity index is 864. The maximum atomic E-state index is 9.29. The molecule has 6 heteroatoms. The molecule has 0 radical (unpaired) electrons. The quantitative estimate of drug-likeness (QED) is 0.478. The molecule has 1 aromatic heterocycles. The minimum atomic E-state index is 0.580. The maximum Gasteiger partial charge on any atom is 0.233 e. The SMILES string of the molecule is Cn1ccc2c1C(OCCCN1CCC(c3ccccc3)CC1)=NCCC2=NO. The molecule has 1 saturated heterocycles. The number of hydrogen-bond donors (Lipinski definition) is 1. The van der Waals surface area contributed by atoms with Gasteiger partial charge in [-0.25, -0.2) is 4.99 Å². The average molecular weight is 395 g/mol. The predicted molar refractivity (Wildman–Crippen MR) is 115 cm³/mol. The Morgan fingerprint density at radius 1 is 1.17 bits per heavy atom. The number of ether oxygens (including phenoxy) is 1. The molecule has 154 valence electrons. The summed E-state index contributed by atoms with van der Waals surface area (Å²) in [5.41, 5.74) is 3.96. The van der Waals surface area contributed by atoms with Gasteiger partial charge in [0.1, 0.15) is 5.69 Å². The Labute approximate surface area is 172 Å². The molecule has 2 aliphatic rings. The van der Waals surface area contributed by atoms with Gasteiger partial charge in [-0.15, -0.1) is 0 Å². The van der Waals surface area contributed by atoms with Crippen molar-refractivity contribution in [3.8, 4) is 0 Å². The van der Waals surface area contributed by atoms with Crippen LogP contribution in [0, 0.1) is 0 Å². The summed E-state index contributed by atoms with van der Waals surface area (Å²) >= 11 is 0. The van der Waals surface area contributed by atoms with Crippen molar-refractivity contribution in [3.05, 3.63) is 59.4 Å². The van der Waals surface area contributed by atoms with Crippen molar-refractivity contribution in [3.63, 3.8) is 0 Å². The highest BCUT2D eigenvalue weighted by molar-refractivity contribution is 6.10. The summed E-state index contributed by atoms with van der Waals surface area (Å²) in [6.45, 7) is 4.58. The lowest BCUT2D eigenvalue weighted by atomic mass is 9.89. The van der Waals surface area contributed by atoms with Gasteiger partial charge in [-0.1, -0.05) is 35.5 Å². The number of nitrogens with zero attached hydrogens (tertiary/aromatic N) is 4. The van der Waals surface area contributed by atoms with Crippen LogP contribution in [0.15, 0.2) is 52.7 Å².